The number of benzene rings is 1. The molecule has 0 fully saturated rings. The molecule has 0 bridgehead atoms. The Morgan fingerprint density at radius 1 is 0.958 bits per heavy atom. The topological polar surface area (TPSA) is 39.2 Å². The number of pyridine rings is 1. The molecule has 0 saturated carbocycles. The number of rotatable bonds is 2. The standard InChI is InChI=1S/C15H9F6NO2/c1-24-13(23)12-4-2-3-11(22-12)8-5-9(14(16,17)18)7-10(6-8)15(19,20)21/h2-7H,1H3. The Morgan fingerprint density at radius 3 is 1.96 bits per heavy atom. The number of halogens is 6. The van der Waals surface area contributed by atoms with Crippen LogP contribution in [0.2, 0.25) is 0 Å². The predicted molar refractivity (Wildman–Crippen MR) is 71.0 cm³/mol. The summed E-state index contributed by atoms with van der Waals surface area (Å²) in [4.78, 5) is 15.2. The van der Waals surface area contributed by atoms with Crippen molar-refractivity contribution in [3.8, 4) is 11.3 Å². The minimum absolute atomic E-state index is 0.0215. The molecule has 0 atom stereocenters. The smallest absolute Gasteiger partial charge is 0.416 e. The lowest BCUT2D eigenvalue weighted by atomic mass is 10.0. The van der Waals surface area contributed by atoms with E-state index in [2.05, 4.69) is 9.72 Å². The van der Waals surface area contributed by atoms with Crippen molar-refractivity contribution in [3.05, 3.63) is 53.2 Å². The summed E-state index contributed by atoms with van der Waals surface area (Å²) in [6.45, 7) is 0. The number of nitrogens with zero attached hydrogens (tertiary/aromatic N) is 1. The van der Waals surface area contributed by atoms with Crippen LogP contribution >= 0.6 is 0 Å². The first-order chi connectivity index (χ1) is 11.0. The van der Waals surface area contributed by atoms with Gasteiger partial charge in [0.15, 0.2) is 0 Å². The van der Waals surface area contributed by atoms with Crippen molar-refractivity contribution >= 4 is 5.97 Å². The van der Waals surface area contributed by atoms with Crippen molar-refractivity contribution in [1.29, 1.82) is 0 Å². The van der Waals surface area contributed by atoms with Crippen LogP contribution in [0.3, 0.4) is 0 Å². The van der Waals surface area contributed by atoms with E-state index < -0.39 is 35.0 Å². The van der Waals surface area contributed by atoms with Crippen molar-refractivity contribution in [2.45, 2.75) is 12.4 Å². The van der Waals surface area contributed by atoms with Crippen molar-refractivity contribution < 1.29 is 35.9 Å². The Morgan fingerprint density at radius 2 is 1.50 bits per heavy atom. The molecule has 24 heavy (non-hydrogen) atoms. The first kappa shape index (κ1) is 17.8. The van der Waals surface area contributed by atoms with Gasteiger partial charge in [0, 0.05) is 5.56 Å². The molecule has 2 aromatic rings. The van der Waals surface area contributed by atoms with Gasteiger partial charge in [-0.1, -0.05) is 6.07 Å². The summed E-state index contributed by atoms with van der Waals surface area (Å²) < 4.78 is 81.5. The summed E-state index contributed by atoms with van der Waals surface area (Å²) in [5, 5.41) is 0. The number of hydrogen-bond acceptors (Lipinski definition) is 3. The largest absolute Gasteiger partial charge is 0.464 e. The van der Waals surface area contributed by atoms with Crippen LogP contribution in [0.4, 0.5) is 26.3 Å². The van der Waals surface area contributed by atoms with Crippen molar-refractivity contribution in [2.24, 2.45) is 0 Å². The molecule has 0 aliphatic rings. The predicted octanol–water partition coefficient (Wildman–Crippen LogP) is 4.57. The van der Waals surface area contributed by atoms with Crippen LogP contribution in [0.5, 0.6) is 0 Å². The summed E-state index contributed by atoms with van der Waals surface area (Å²) >= 11 is 0. The molecular formula is C15H9F6NO2. The third kappa shape index (κ3) is 3.84. The lowest BCUT2D eigenvalue weighted by molar-refractivity contribution is -0.143. The van der Waals surface area contributed by atoms with Gasteiger partial charge < -0.3 is 4.74 Å². The van der Waals surface area contributed by atoms with Crippen LogP contribution in [-0.4, -0.2) is 18.1 Å². The molecule has 2 rings (SSSR count). The highest BCUT2D eigenvalue weighted by atomic mass is 19.4. The molecule has 0 unspecified atom stereocenters. The van der Waals surface area contributed by atoms with E-state index in [4.69, 9.17) is 0 Å². The van der Waals surface area contributed by atoms with Gasteiger partial charge in [-0.2, -0.15) is 26.3 Å². The molecule has 3 nitrogen and oxygen atoms in total. The minimum Gasteiger partial charge on any atom is -0.464 e. The second kappa shape index (κ2) is 6.14. The van der Waals surface area contributed by atoms with Crippen LogP contribution in [0, 0.1) is 0 Å². The Balaban J connectivity index is 2.64. The summed E-state index contributed by atoms with van der Waals surface area (Å²) in [6.07, 6.45) is -9.92. The fraction of sp³-hybridized carbons (Fsp3) is 0.200. The molecule has 1 aromatic carbocycles. The number of aromatic nitrogens is 1. The monoisotopic (exact) mass is 349 g/mol. The quantitative estimate of drug-likeness (QED) is 0.589. The molecule has 0 spiro atoms. The van der Waals surface area contributed by atoms with Gasteiger partial charge in [-0.3, -0.25) is 0 Å². The zero-order valence-corrected chi connectivity index (χ0v) is 12.0. The first-order valence-corrected chi connectivity index (χ1v) is 6.37. The highest BCUT2D eigenvalue weighted by Gasteiger charge is 2.37. The average molecular weight is 349 g/mol. The van der Waals surface area contributed by atoms with Crippen LogP contribution in [-0.2, 0) is 17.1 Å². The van der Waals surface area contributed by atoms with Crippen molar-refractivity contribution in [2.75, 3.05) is 7.11 Å². The maximum Gasteiger partial charge on any atom is 0.416 e. The normalized spacial score (nSPS) is 12.1. The van der Waals surface area contributed by atoms with Crippen molar-refractivity contribution in [3.63, 3.8) is 0 Å². The molecule has 1 aromatic heterocycles. The molecule has 128 valence electrons. The maximum absolute atomic E-state index is 12.9. The van der Waals surface area contributed by atoms with Gasteiger partial charge in [-0.05, 0) is 30.3 Å². The Kier molecular flexibility index (Phi) is 4.54. The SMILES string of the molecule is COC(=O)c1cccc(-c2cc(C(F)(F)F)cc(C(F)(F)F)c2)n1. The molecule has 0 aliphatic heterocycles. The number of carbonyl (C=O) groups is 1. The summed E-state index contributed by atoms with van der Waals surface area (Å²) in [5.74, 6) is -0.861. The first-order valence-electron chi connectivity index (χ1n) is 6.37. The van der Waals surface area contributed by atoms with Gasteiger partial charge in [0.05, 0.1) is 23.9 Å². The number of alkyl halides is 6. The Hall–Kier alpha value is -2.58. The summed E-state index contributed by atoms with van der Waals surface area (Å²) in [6, 6.07) is 4.81. The van der Waals surface area contributed by atoms with Crippen LogP contribution < -0.4 is 0 Å². The molecule has 9 heteroatoms. The van der Waals surface area contributed by atoms with E-state index in [0.717, 1.165) is 7.11 Å². The second-order valence-electron chi connectivity index (χ2n) is 4.69. The number of hydrogen-bond donors (Lipinski definition) is 0. The zero-order chi connectivity index (χ0) is 18.1. The van der Waals surface area contributed by atoms with E-state index in [0.29, 0.717) is 12.1 Å². The van der Waals surface area contributed by atoms with Crippen LogP contribution in [0.1, 0.15) is 21.6 Å². The fourth-order valence-corrected chi connectivity index (χ4v) is 1.92. The third-order valence-electron chi connectivity index (χ3n) is 3.03. The third-order valence-corrected chi connectivity index (χ3v) is 3.03. The van der Waals surface area contributed by atoms with Gasteiger partial charge >= 0.3 is 18.3 Å². The van der Waals surface area contributed by atoms with E-state index in [-0.39, 0.29) is 17.5 Å². The van der Waals surface area contributed by atoms with Crippen LogP contribution in [0.25, 0.3) is 11.3 Å². The number of ether oxygens (including phenoxy) is 1. The molecular weight excluding hydrogens is 340 g/mol. The maximum atomic E-state index is 12.9. The molecule has 0 aliphatic carbocycles. The molecule has 0 saturated heterocycles. The summed E-state index contributed by atoms with van der Waals surface area (Å²) in [5.41, 5.74) is -3.78. The summed E-state index contributed by atoms with van der Waals surface area (Å²) in [7, 11) is 1.07. The van der Waals surface area contributed by atoms with E-state index in [9.17, 15) is 31.1 Å². The zero-order valence-electron chi connectivity index (χ0n) is 12.0. The Labute approximate surface area is 131 Å². The number of esters is 1. The van der Waals surface area contributed by atoms with Gasteiger partial charge in [0.1, 0.15) is 5.69 Å². The van der Waals surface area contributed by atoms with E-state index in [1.807, 2.05) is 0 Å². The van der Waals surface area contributed by atoms with Crippen LogP contribution in [0.15, 0.2) is 36.4 Å². The molecule has 1 heterocycles. The van der Waals surface area contributed by atoms with Gasteiger partial charge in [0.25, 0.3) is 0 Å². The van der Waals surface area contributed by atoms with E-state index >= 15 is 0 Å². The van der Waals surface area contributed by atoms with Crippen molar-refractivity contribution in [1.82, 2.24) is 4.98 Å². The molecule has 0 N–H and O–H groups in total. The fourth-order valence-electron chi connectivity index (χ4n) is 1.92. The van der Waals surface area contributed by atoms with E-state index in [1.165, 1.54) is 18.2 Å². The van der Waals surface area contributed by atoms with E-state index in [1.54, 1.807) is 0 Å². The molecule has 0 amide bonds. The minimum atomic E-state index is -4.96. The second-order valence-corrected chi connectivity index (χ2v) is 4.69. The van der Waals surface area contributed by atoms with Gasteiger partial charge in [0.2, 0.25) is 0 Å². The number of methoxy groups -OCH3 is 1. The lowest BCUT2D eigenvalue weighted by Gasteiger charge is -2.14. The Bertz CT molecular complexity index is 735. The number of carbonyl (C=O) groups excluding carboxylic acids is 1. The average Bonchev–Trinajstić information content (AvgIpc) is 2.52. The van der Waals surface area contributed by atoms with Gasteiger partial charge in [-0.25, -0.2) is 9.78 Å². The molecule has 0 radical (unpaired) electrons. The van der Waals surface area contributed by atoms with Gasteiger partial charge in [-0.15, -0.1) is 0 Å². The lowest BCUT2D eigenvalue weighted by Crippen LogP contribution is -2.11. The highest BCUT2D eigenvalue weighted by Crippen LogP contribution is 2.38. The highest BCUT2D eigenvalue weighted by molar-refractivity contribution is 5.87.